The Hall–Kier alpha value is -1.39. The molecule has 0 aromatic rings. The van der Waals surface area contributed by atoms with Gasteiger partial charge in [-0.1, -0.05) is 0 Å². The van der Waals surface area contributed by atoms with Crippen molar-refractivity contribution >= 4 is 18.7 Å². The predicted molar refractivity (Wildman–Crippen MR) is 30.7 cm³/mol. The van der Waals surface area contributed by atoms with Gasteiger partial charge in [0.25, 0.3) is 0 Å². The molecular weight excluding hydrogens is 140 g/mol. The SMILES string of the molecule is C=O.CC(=O)OOC(C)=O. The quantitative estimate of drug-likeness (QED) is 0.352. The molecule has 0 radical (unpaired) electrons. The van der Waals surface area contributed by atoms with Crippen LogP contribution in [0, 0.1) is 0 Å². The van der Waals surface area contributed by atoms with Gasteiger partial charge in [0.1, 0.15) is 6.79 Å². The first-order valence-electron chi connectivity index (χ1n) is 2.27. The summed E-state index contributed by atoms with van der Waals surface area (Å²) in [4.78, 5) is 35.3. The summed E-state index contributed by atoms with van der Waals surface area (Å²) in [6.45, 7) is 4.28. The molecule has 0 saturated carbocycles. The molecule has 0 aliphatic rings. The van der Waals surface area contributed by atoms with Crippen molar-refractivity contribution in [2.24, 2.45) is 0 Å². The minimum atomic E-state index is -0.639. The zero-order chi connectivity index (χ0) is 8.57. The predicted octanol–water partition coefficient (Wildman–Crippen LogP) is -0.157. The summed E-state index contributed by atoms with van der Waals surface area (Å²) in [7, 11) is 0. The number of carbonyl (C=O) groups is 3. The summed E-state index contributed by atoms with van der Waals surface area (Å²) >= 11 is 0. The van der Waals surface area contributed by atoms with Crippen LogP contribution in [0.5, 0.6) is 0 Å². The van der Waals surface area contributed by atoms with Crippen LogP contribution in [-0.2, 0) is 24.2 Å². The lowest BCUT2D eigenvalue weighted by Crippen LogP contribution is -2.03. The highest BCUT2D eigenvalue weighted by Crippen LogP contribution is 1.78. The van der Waals surface area contributed by atoms with E-state index in [9.17, 15) is 9.59 Å². The largest absolute Gasteiger partial charge is 0.352 e. The molecule has 58 valence electrons. The van der Waals surface area contributed by atoms with Crippen LogP contribution in [0.25, 0.3) is 0 Å². The summed E-state index contributed by atoms with van der Waals surface area (Å²) in [6.07, 6.45) is 0. The molecule has 0 amide bonds. The number of rotatable bonds is 0. The molecule has 0 fully saturated rings. The van der Waals surface area contributed by atoms with Gasteiger partial charge < -0.3 is 4.79 Å². The van der Waals surface area contributed by atoms with Gasteiger partial charge in [0.2, 0.25) is 0 Å². The van der Waals surface area contributed by atoms with Crippen LogP contribution in [0.3, 0.4) is 0 Å². The second kappa shape index (κ2) is 7.61. The fourth-order valence-electron chi connectivity index (χ4n) is 0.117. The third-order valence-corrected chi connectivity index (χ3v) is 0.276. The molecule has 0 unspecified atom stereocenters. The zero-order valence-electron chi connectivity index (χ0n) is 5.75. The molecule has 0 spiro atoms. The fourth-order valence-corrected chi connectivity index (χ4v) is 0.117. The van der Waals surface area contributed by atoms with E-state index in [1.54, 1.807) is 0 Å². The van der Waals surface area contributed by atoms with Crippen LogP contribution in [0.1, 0.15) is 13.8 Å². The normalized spacial score (nSPS) is 6.60. The first-order chi connectivity index (χ1) is 4.63. The molecule has 0 aromatic heterocycles. The third-order valence-electron chi connectivity index (χ3n) is 0.276. The Morgan fingerprint density at radius 2 is 1.20 bits per heavy atom. The van der Waals surface area contributed by atoms with E-state index in [2.05, 4.69) is 9.78 Å². The van der Waals surface area contributed by atoms with E-state index in [0.717, 1.165) is 13.8 Å². The van der Waals surface area contributed by atoms with Crippen molar-refractivity contribution in [3.05, 3.63) is 0 Å². The maximum absolute atomic E-state index is 9.85. The van der Waals surface area contributed by atoms with Gasteiger partial charge in [-0.05, 0) is 0 Å². The Labute approximate surface area is 57.8 Å². The Balaban J connectivity index is 0. The molecule has 10 heavy (non-hydrogen) atoms. The van der Waals surface area contributed by atoms with E-state index in [0.29, 0.717) is 0 Å². The van der Waals surface area contributed by atoms with Crippen LogP contribution in [0.4, 0.5) is 0 Å². The standard InChI is InChI=1S/C4H6O4.CH2O/c1-3(5)7-8-4(2)6;1-2/h1-2H3;1H2. The average Bonchev–Trinajstić information content (AvgIpc) is 1.89. The van der Waals surface area contributed by atoms with Gasteiger partial charge >= 0.3 is 11.9 Å². The van der Waals surface area contributed by atoms with Gasteiger partial charge in [-0.3, -0.25) is 0 Å². The molecular formula is C5H8O5. The Bertz CT molecular complexity index is 105. The van der Waals surface area contributed by atoms with Crippen LogP contribution in [0.15, 0.2) is 0 Å². The second-order valence-electron chi connectivity index (χ2n) is 1.15. The van der Waals surface area contributed by atoms with Gasteiger partial charge in [0.15, 0.2) is 0 Å². The number of hydrogen-bond acceptors (Lipinski definition) is 5. The summed E-state index contributed by atoms with van der Waals surface area (Å²) in [5.74, 6) is -1.28. The molecule has 0 aliphatic carbocycles. The lowest BCUT2D eigenvalue weighted by molar-refractivity contribution is -0.255. The van der Waals surface area contributed by atoms with E-state index < -0.39 is 11.9 Å². The molecule has 0 N–H and O–H groups in total. The Kier molecular flexibility index (Phi) is 8.68. The van der Waals surface area contributed by atoms with Crippen molar-refractivity contribution in [3.63, 3.8) is 0 Å². The highest BCUT2D eigenvalue weighted by molar-refractivity contribution is 5.69. The minimum absolute atomic E-state index is 0.639. The molecule has 0 aliphatic heterocycles. The van der Waals surface area contributed by atoms with Gasteiger partial charge in [0.05, 0.1) is 0 Å². The van der Waals surface area contributed by atoms with Crippen molar-refractivity contribution in [1.29, 1.82) is 0 Å². The van der Waals surface area contributed by atoms with Gasteiger partial charge in [-0.15, -0.1) is 0 Å². The molecule has 5 nitrogen and oxygen atoms in total. The maximum Gasteiger partial charge on any atom is 0.352 e. The van der Waals surface area contributed by atoms with Gasteiger partial charge in [-0.25, -0.2) is 19.4 Å². The smallest absolute Gasteiger partial charge is 0.307 e. The Morgan fingerprint density at radius 1 is 1.00 bits per heavy atom. The number of hydrogen-bond donors (Lipinski definition) is 0. The zero-order valence-corrected chi connectivity index (χ0v) is 5.75. The van der Waals surface area contributed by atoms with Crippen LogP contribution in [-0.4, -0.2) is 18.7 Å². The molecule has 0 bridgehead atoms. The van der Waals surface area contributed by atoms with Crippen molar-refractivity contribution < 1.29 is 24.2 Å². The van der Waals surface area contributed by atoms with Crippen LogP contribution in [0.2, 0.25) is 0 Å². The van der Waals surface area contributed by atoms with Crippen molar-refractivity contribution in [3.8, 4) is 0 Å². The van der Waals surface area contributed by atoms with E-state index in [-0.39, 0.29) is 0 Å². The number of carbonyl (C=O) groups excluding carboxylic acids is 3. The van der Waals surface area contributed by atoms with Crippen LogP contribution >= 0.6 is 0 Å². The lowest BCUT2D eigenvalue weighted by atomic mass is 10.8. The third kappa shape index (κ3) is 16.0. The molecule has 0 aromatic carbocycles. The topological polar surface area (TPSA) is 69.7 Å². The van der Waals surface area contributed by atoms with Crippen molar-refractivity contribution in [2.75, 3.05) is 0 Å². The first-order valence-corrected chi connectivity index (χ1v) is 2.27. The van der Waals surface area contributed by atoms with Gasteiger partial charge in [-0.2, -0.15) is 0 Å². The molecule has 0 heterocycles. The highest BCUT2D eigenvalue weighted by atomic mass is 17.2. The molecule has 0 saturated heterocycles. The van der Waals surface area contributed by atoms with E-state index in [1.165, 1.54) is 0 Å². The summed E-state index contributed by atoms with van der Waals surface area (Å²) < 4.78 is 0. The first kappa shape index (κ1) is 11.4. The summed E-state index contributed by atoms with van der Waals surface area (Å²) in [6, 6.07) is 0. The maximum atomic E-state index is 9.85. The second-order valence-corrected chi connectivity index (χ2v) is 1.15. The minimum Gasteiger partial charge on any atom is -0.307 e. The molecule has 0 rings (SSSR count). The average molecular weight is 148 g/mol. The van der Waals surface area contributed by atoms with Crippen molar-refractivity contribution in [2.45, 2.75) is 13.8 Å². The summed E-state index contributed by atoms with van der Waals surface area (Å²) in [5.41, 5.74) is 0. The summed E-state index contributed by atoms with van der Waals surface area (Å²) in [5, 5.41) is 0. The fraction of sp³-hybridized carbons (Fsp3) is 0.400. The molecule has 5 heteroatoms. The van der Waals surface area contributed by atoms with E-state index in [1.807, 2.05) is 6.79 Å². The van der Waals surface area contributed by atoms with Gasteiger partial charge in [0, 0.05) is 13.8 Å². The Morgan fingerprint density at radius 3 is 1.30 bits per heavy atom. The van der Waals surface area contributed by atoms with Crippen molar-refractivity contribution in [1.82, 2.24) is 0 Å². The highest BCUT2D eigenvalue weighted by Gasteiger charge is 1.95. The lowest BCUT2D eigenvalue weighted by Gasteiger charge is -1.93. The molecule has 0 atom stereocenters. The van der Waals surface area contributed by atoms with E-state index in [4.69, 9.17) is 4.79 Å². The monoisotopic (exact) mass is 148 g/mol. The van der Waals surface area contributed by atoms with Crippen LogP contribution < -0.4 is 0 Å². The van der Waals surface area contributed by atoms with E-state index >= 15 is 0 Å².